The van der Waals surface area contributed by atoms with Crippen molar-refractivity contribution in [3.63, 3.8) is 0 Å². The van der Waals surface area contributed by atoms with Crippen LogP contribution in [0.5, 0.6) is 0 Å². The predicted molar refractivity (Wildman–Crippen MR) is 94.7 cm³/mol. The van der Waals surface area contributed by atoms with Crippen LogP contribution in [0.1, 0.15) is 43.5 Å². The molecular formula is C16H14ClN5S2. The Bertz CT molecular complexity index is 884. The standard InChI is InChI=1S/C16H14ClN5S2/c17-12-8-13(19-14(18-12)9-3-4-9)24-16-21-20-15(11-2-1-7-23-11)22(16)10-5-6-10/h1-2,7-10H,3-6H2. The summed E-state index contributed by atoms with van der Waals surface area (Å²) in [6.07, 6.45) is 4.68. The van der Waals surface area contributed by atoms with Gasteiger partial charge in [-0.15, -0.1) is 21.5 Å². The van der Waals surface area contributed by atoms with Crippen molar-refractivity contribution in [1.29, 1.82) is 0 Å². The van der Waals surface area contributed by atoms with Crippen LogP contribution in [0.2, 0.25) is 5.15 Å². The third-order valence-electron chi connectivity index (χ3n) is 4.15. The minimum absolute atomic E-state index is 0.478. The van der Waals surface area contributed by atoms with Crippen molar-refractivity contribution in [2.75, 3.05) is 0 Å². The summed E-state index contributed by atoms with van der Waals surface area (Å²) < 4.78 is 2.25. The molecule has 0 N–H and O–H groups in total. The molecule has 0 unspecified atom stereocenters. The maximum Gasteiger partial charge on any atom is 0.198 e. The number of rotatable bonds is 5. The topological polar surface area (TPSA) is 56.5 Å². The van der Waals surface area contributed by atoms with Crippen molar-refractivity contribution < 1.29 is 0 Å². The monoisotopic (exact) mass is 375 g/mol. The quantitative estimate of drug-likeness (QED) is 0.599. The van der Waals surface area contributed by atoms with Gasteiger partial charge >= 0.3 is 0 Å². The summed E-state index contributed by atoms with van der Waals surface area (Å²) in [5.74, 6) is 2.30. The largest absolute Gasteiger partial charge is 0.298 e. The highest BCUT2D eigenvalue weighted by Gasteiger charge is 2.31. The van der Waals surface area contributed by atoms with E-state index < -0.39 is 0 Å². The van der Waals surface area contributed by atoms with E-state index in [1.54, 1.807) is 11.3 Å². The minimum atomic E-state index is 0.478. The second-order valence-electron chi connectivity index (χ2n) is 6.15. The third-order valence-corrected chi connectivity index (χ3v) is 6.08. The molecule has 0 radical (unpaired) electrons. The molecule has 2 aliphatic carbocycles. The Morgan fingerprint density at radius 2 is 2.04 bits per heavy atom. The summed E-state index contributed by atoms with van der Waals surface area (Å²) >= 11 is 9.41. The Labute approximate surface area is 152 Å². The van der Waals surface area contributed by atoms with Crippen LogP contribution < -0.4 is 0 Å². The van der Waals surface area contributed by atoms with Gasteiger partial charge in [0.1, 0.15) is 16.0 Å². The zero-order chi connectivity index (χ0) is 16.1. The van der Waals surface area contributed by atoms with Crippen LogP contribution in [0.4, 0.5) is 0 Å². The first-order chi connectivity index (χ1) is 11.8. The van der Waals surface area contributed by atoms with Gasteiger partial charge in [0.25, 0.3) is 0 Å². The van der Waals surface area contributed by atoms with Crippen LogP contribution in [-0.2, 0) is 0 Å². The van der Waals surface area contributed by atoms with Crippen LogP contribution in [-0.4, -0.2) is 24.7 Å². The van der Waals surface area contributed by atoms with Gasteiger partial charge in [-0.3, -0.25) is 4.57 Å². The summed E-state index contributed by atoms with van der Waals surface area (Å²) in [4.78, 5) is 10.2. The number of hydrogen-bond donors (Lipinski definition) is 0. The molecule has 2 aliphatic rings. The Morgan fingerprint density at radius 1 is 1.17 bits per heavy atom. The van der Waals surface area contributed by atoms with E-state index in [2.05, 4.69) is 36.2 Å². The summed E-state index contributed by atoms with van der Waals surface area (Å²) in [5, 5.41) is 13.2. The fourth-order valence-electron chi connectivity index (χ4n) is 2.67. The van der Waals surface area contributed by atoms with Gasteiger partial charge in [0.15, 0.2) is 11.0 Å². The molecule has 0 amide bonds. The third kappa shape index (κ3) is 2.85. The number of thiophene rings is 1. The van der Waals surface area contributed by atoms with Gasteiger partial charge < -0.3 is 0 Å². The molecule has 0 saturated heterocycles. The molecule has 3 heterocycles. The second kappa shape index (κ2) is 5.82. The lowest BCUT2D eigenvalue weighted by molar-refractivity contribution is 0.669. The van der Waals surface area contributed by atoms with Gasteiger partial charge in [-0.2, -0.15) is 0 Å². The summed E-state index contributed by atoms with van der Waals surface area (Å²) in [6, 6.07) is 6.45. The smallest absolute Gasteiger partial charge is 0.198 e. The minimum Gasteiger partial charge on any atom is -0.298 e. The maximum absolute atomic E-state index is 6.18. The normalized spacial score (nSPS) is 17.4. The number of nitrogens with zero attached hydrogens (tertiary/aromatic N) is 5. The first kappa shape index (κ1) is 14.9. The molecule has 0 spiro atoms. The summed E-state index contributed by atoms with van der Waals surface area (Å²) in [6.45, 7) is 0. The van der Waals surface area contributed by atoms with E-state index in [-0.39, 0.29) is 0 Å². The average Bonchev–Trinajstić information content (AvgIpc) is 3.49. The first-order valence-electron chi connectivity index (χ1n) is 7.99. The molecule has 0 aliphatic heterocycles. The molecule has 3 aromatic rings. The van der Waals surface area contributed by atoms with Crippen molar-refractivity contribution in [3.05, 3.63) is 34.6 Å². The van der Waals surface area contributed by atoms with Crippen LogP contribution in [0.15, 0.2) is 33.8 Å². The number of hydrogen-bond acceptors (Lipinski definition) is 6. The van der Waals surface area contributed by atoms with Crippen molar-refractivity contribution in [1.82, 2.24) is 24.7 Å². The second-order valence-corrected chi connectivity index (χ2v) is 8.47. The summed E-state index contributed by atoms with van der Waals surface area (Å²) in [5.41, 5.74) is 0. The zero-order valence-electron chi connectivity index (χ0n) is 12.7. The van der Waals surface area contributed by atoms with Gasteiger partial charge in [0, 0.05) is 18.0 Å². The highest BCUT2D eigenvalue weighted by molar-refractivity contribution is 7.99. The van der Waals surface area contributed by atoms with E-state index in [0.717, 1.165) is 39.5 Å². The Hall–Kier alpha value is -1.44. The van der Waals surface area contributed by atoms with Crippen molar-refractivity contribution in [3.8, 4) is 10.7 Å². The van der Waals surface area contributed by atoms with E-state index in [4.69, 9.17) is 11.6 Å². The van der Waals surface area contributed by atoms with Crippen molar-refractivity contribution >= 4 is 34.7 Å². The number of halogens is 1. The molecule has 24 heavy (non-hydrogen) atoms. The molecule has 0 aromatic carbocycles. The molecule has 2 saturated carbocycles. The summed E-state index contributed by atoms with van der Waals surface area (Å²) in [7, 11) is 0. The van der Waals surface area contributed by atoms with Crippen LogP contribution in [0.3, 0.4) is 0 Å². The molecule has 3 aromatic heterocycles. The molecule has 5 rings (SSSR count). The van der Waals surface area contributed by atoms with Crippen LogP contribution >= 0.6 is 34.7 Å². The predicted octanol–water partition coefficient (Wildman–Crippen LogP) is 4.81. The molecular weight excluding hydrogens is 362 g/mol. The Balaban J connectivity index is 1.51. The Kier molecular flexibility index (Phi) is 3.61. The lowest BCUT2D eigenvalue weighted by Gasteiger charge is -2.08. The maximum atomic E-state index is 6.18. The highest BCUT2D eigenvalue weighted by Crippen LogP contribution is 2.43. The Morgan fingerprint density at radius 3 is 2.75 bits per heavy atom. The van der Waals surface area contributed by atoms with Crippen molar-refractivity contribution in [2.45, 2.75) is 47.8 Å². The van der Waals surface area contributed by atoms with E-state index in [0.29, 0.717) is 17.1 Å². The van der Waals surface area contributed by atoms with Gasteiger partial charge in [-0.05, 0) is 48.9 Å². The fraction of sp³-hybridized carbons (Fsp3) is 0.375. The van der Waals surface area contributed by atoms with Gasteiger partial charge in [0.05, 0.1) is 4.88 Å². The zero-order valence-corrected chi connectivity index (χ0v) is 15.1. The molecule has 0 atom stereocenters. The fourth-order valence-corrected chi connectivity index (χ4v) is 4.54. The molecule has 2 fully saturated rings. The lowest BCUT2D eigenvalue weighted by Crippen LogP contribution is -2.00. The molecule has 5 nitrogen and oxygen atoms in total. The van der Waals surface area contributed by atoms with Gasteiger partial charge in [0.2, 0.25) is 0 Å². The molecule has 8 heteroatoms. The molecule has 0 bridgehead atoms. The van der Waals surface area contributed by atoms with Crippen molar-refractivity contribution in [2.24, 2.45) is 0 Å². The number of aromatic nitrogens is 5. The van der Waals surface area contributed by atoms with Crippen LogP contribution in [0, 0.1) is 0 Å². The van der Waals surface area contributed by atoms with Gasteiger partial charge in [-0.25, -0.2) is 9.97 Å². The SMILES string of the molecule is Clc1cc(Sc2nnc(-c3cccs3)n2C2CC2)nc(C2CC2)n1. The van der Waals surface area contributed by atoms with Gasteiger partial charge in [-0.1, -0.05) is 17.7 Å². The van der Waals surface area contributed by atoms with E-state index in [1.807, 2.05) is 12.1 Å². The van der Waals surface area contributed by atoms with E-state index in [9.17, 15) is 0 Å². The first-order valence-corrected chi connectivity index (χ1v) is 10.1. The van der Waals surface area contributed by atoms with Crippen LogP contribution in [0.25, 0.3) is 10.7 Å². The highest BCUT2D eigenvalue weighted by atomic mass is 35.5. The van der Waals surface area contributed by atoms with E-state index in [1.165, 1.54) is 24.6 Å². The average molecular weight is 376 g/mol. The van der Waals surface area contributed by atoms with E-state index >= 15 is 0 Å². The molecule has 122 valence electrons. The lowest BCUT2D eigenvalue weighted by atomic mass is 10.4.